The average molecular weight is 367 g/mol. The van der Waals surface area contributed by atoms with E-state index in [9.17, 15) is 9.59 Å². The second-order valence-corrected chi connectivity index (χ2v) is 7.05. The van der Waals surface area contributed by atoms with Crippen molar-refractivity contribution in [2.45, 2.75) is 13.8 Å². The lowest BCUT2D eigenvalue weighted by atomic mass is 10.1. The van der Waals surface area contributed by atoms with Crippen LogP contribution in [0.4, 0.5) is 5.69 Å². The highest BCUT2D eigenvalue weighted by molar-refractivity contribution is 9.11. The summed E-state index contributed by atoms with van der Waals surface area (Å²) >= 11 is 4.63. The van der Waals surface area contributed by atoms with Gasteiger partial charge in [0, 0.05) is 5.69 Å². The van der Waals surface area contributed by atoms with Gasteiger partial charge in [0.25, 0.3) is 5.91 Å². The first kappa shape index (κ1) is 15.7. The first-order valence-electron chi connectivity index (χ1n) is 6.37. The summed E-state index contributed by atoms with van der Waals surface area (Å²) in [4.78, 5) is 24.3. The van der Waals surface area contributed by atoms with Gasteiger partial charge >= 0.3 is 0 Å². The Morgan fingerprint density at radius 3 is 2.62 bits per heavy atom. The van der Waals surface area contributed by atoms with Crippen LogP contribution in [0.2, 0.25) is 0 Å². The van der Waals surface area contributed by atoms with Crippen molar-refractivity contribution in [3.8, 4) is 0 Å². The van der Waals surface area contributed by atoms with Crippen LogP contribution in [0.1, 0.15) is 20.8 Å². The summed E-state index contributed by atoms with van der Waals surface area (Å²) < 4.78 is 0.882. The molecule has 0 saturated heterocycles. The summed E-state index contributed by atoms with van der Waals surface area (Å²) in [6.45, 7) is 3.88. The van der Waals surface area contributed by atoms with Gasteiger partial charge in [-0.15, -0.1) is 11.3 Å². The Labute approximate surface area is 135 Å². The minimum atomic E-state index is -0.248. The van der Waals surface area contributed by atoms with Crippen LogP contribution in [0.15, 0.2) is 34.1 Å². The van der Waals surface area contributed by atoms with Gasteiger partial charge in [-0.3, -0.25) is 9.59 Å². The predicted molar refractivity (Wildman–Crippen MR) is 88.9 cm³/mol. The highest BCUT2D eigenvalue weighted by atomic mass is 79.9. The van der Waals surface area contributed by atoms with E-state index in [0.717, 1.165) is 20.6 Å². The van der Waals surface area contributed by atoms with Gasteiger partial charge < -0.3 is 10.6 Å². The van der Waals surface area contributed by atoms with Crippen molar-refractivity contribution in [3.05, 3.63) is 50.1 Å². The molecule has 6 heteroatoms. The van der Waals surface area contributed by atoms with E-state index in [0.29, 0.717) is 4.88 Å². The van der Waals surface area contributed by atoms with Crippen LogP contribution in [0.25, 0.3) is 0 Å². The Kier molecular flexibility index (Phi) is 5.14. The van der Waals surface area contributed by atoms with Crippen molar-refractivity contribution < 1.29 is 9.59 Å². The zero-order valence-electron chi connectivity index (χ0n) is 11.7. The van der Waals surface area contributed by atoms with E-state index in [1.54, 1.807) is 12.1 Å². The van der Waals surface area contributed by atoms with Crippen LogP contribution >= 0.6 is 27.3 Å². The number of carbonyl (C=O) groups is 2. The molecule has 21 heavy (non-hydrogen) atoms. The van der Waals surface area contributed by atoms with Gasteiger partial charge in [0.1, 0.15) is 0 Å². The topological polar surface area (TPSA) is 58.2 Å². The molecular weight excluding hydrogens is 352 g/mol. The van der Waals surface area contributed by atoms with Crippen LogP contribution in [0.5, 0.6) is 0 Å². The van der Waals surface area contributed by atoms with Crippen molar-refractivity contribution in [1.29, 1.82) is 0 Å². The zero-order chi connectivity index (χ0) is 15.4. The molecule has 1 aromatic carbocycles. The molecule has 0 aliphatic carbocycles. The lowest BCUT2D eigenvalue weighted by molar-refractivity contribution is -0.115. The molecule has 4 nitrogen and oxygen atoms in total. The summed E-state index contributed by atoms with van der Waals surface area (Å²) in [5, 5.41) is 5.41. The Morgan fingerprint density at radius 2 is 1.95 bits per heavy atom. The molecule has 2 N–H and O–H groups in total. The number of aryl methyl sites for hydroxylation is 1. The molecule has 0 bridgehead atoms. The molecule has 0 aliphatic heterocycles. The minimum Gasteiger partial charge on any atom is -0.342 e. The van der Waals surface area contributed by atoms with Crippen LogP contribution in [-0.2, 0) is 4.79 Å². The van der Waals surface area contributed by atoms with Crippen molar-refractivity contribution in [2.75, 3.05) is 11.9 Å². The third kappa shape index (κ3) is 4.15. The normalized spacial score (nSPS) is 10.2. The van der Waals surface area contributed by atoms with Gasteiger partial charge in [0.15, 0.2) is 0 Å². The highest BCUT2D eigenvalue weighted by Crippen LogP contribution is 2.21. The molecule has 2 amide bonds. The molecule has 0 spiro atoms. The number of hydrogen-bond acceptors (Lipinski definition) is 3. The van der Waals surface area contributed by atoms with E-state index in [1.165, 1.54) is 11.3 Å². The number of hydrogen-bond donors (Lipinski definition) is 2. The largest absolute Gasteiger partial charge is 0.342 e. The maximum absolute atomic E-state index is 11.9. The number of nitrogens with one attached hydrogen (secondary N) is 2. The smallest absolute Gasteiger partial charge is 0.261 e. The minimum absolute atomic E-state index is 0.0538. The van der Waals surface area contributed by atoms with Crippen LogP contribution in [0, 0.1) is 13.8 Å². The van der Waals surface area contributed by atoms with Gasteiger partial charge in [-0.2, -0.15) is 0 Å². The van der Waals surface area contributed by atoms with Crippen LogP contribution in [-0.4, -0.2) is 18.4 Å². The van der Waals surface area contributed by atoms with Crippen molar-refractivity contribution >= 4 is 44.8 Å². The maximum atomic E-state index is 11.9. The molecule has 0 fully saturated rings. The van der Waals surface area contributed by atoms with Gasteiger partial charge in [-0.05, 0) is 59.1 Å². The van der Waals surface area contributed by atoms with Crippen molar-refractivity contribution in [3.63, 3.8) is 0 Å². The fraction of sp³-hybridized carbons (Fsp3) is 0.200. The molecule has 2 aromatic rings. The SMILES string of the molecule is Cc1cccc(NC(=O)CNC(=O)c2ccc(Br)s2)c1C. The first-order chi connectivity index (χ1) is 9.97. The van der Waals surface area contributed by atoms with Gasteiger partial charge in [0.2, 0.25) is 5.91 Å². The third-order valence-corrected chi connectivity index (χ3v) is 4.71. The zero-order valence-corrected chi connectivity index (χ0v) is 14.1. The molecule has 1 aromatic heterocycles. The Balaban J connectivity index is 1.90. The highest BCUT2D eigenvalue weighted by Gasteiger charge is 2.11. The standard InChI is InChI=1S/C15H15BrN2O2S/c1-9-4-3-5-11(10(9)2)18-14(19)8-17-15(20)12-6-7-13(16)21-12/h3-7H,8H2,1-2H3,(H,17,20)(H,18,19). The quantitative estimate of drug-likeness (QED) is 0.869. The van der Waals surface area contributed by atoms with Gasteiger partial charge in [-0.25, -0.2) is 0 Å². The first-order valence-corrected chi connectivity index (χ1v) is 7.98. The fourth-order valence-electron chi connectivity index (χ4n) is 1.76. The van der Waals surface area contributed by atoms with Crippen molar-refractivity contribution in [1.82, 2.24) is 5.32 Å². The average Bonchev–Trinajstić information content (AvgIpc) is 2.88. The molecule has 1 heterocycles. The fourth-order valence-corrected chi connectivity index (χ4v) is 3.07. The number of carbonyl (C=O) groups excluding carboxylic acids is 2. The molecular formula is C15H15BrN2O2S. The summed E-state index contributed by atoms with van der Waals surface area (Å²) in [6.07, 6.45) is 0. The number of halogens is 1. The molecule has 0 saturated carbocycles. The number of benzene rings is 1. The summed E-state index contributed by atoms with van der Waals surface area (Å²) in [5.74, 6) is -0.491. The van der Waals surface area contributed by atoms with E-state index >= 15 is 0 Å². The van der Waals surface area contributed by atoms with E-state index in [1.807, 2.05) is 32.0 Å². The van der Waals surface area contributed by atoms with Gasteiger partial charge in [-0.1, -0.05) is 12.1 Å². The predicted octanol–water partition coefficient (Wildman–Crippen LogP) is 3.50. The van der Waals surface area contributed by atoms with Gasteiger partial charge in [0.05, 0.1) is 15.2 Å². The van der Waals surface area contributed by atoms with E-state index in [4.69, 9.17) is 0 Å². The van der Waals surface area contributed by atoms with E-state index in [-0.39, 0.29) is 18.4 Å². The molecule has 0 radical (unpaired) electrons. The lowest BCUT2D eigenvalue weighted by Crippen LogP contribution is -2.32. The van der Waals surface area contributed by atoms with E-state index < -0.39 is 0 Å². The van der Waals surface area contributed by atoms with Crippen LogP contribution in [0.3, 0.4) is 0 Å². The Hall–Kier alpha value is -1.66. The summed E-state index contributed by atoms with van der Waals surface area (Å²) in [5.41, 5.74) is 2.91. The second kappa shape index (κ2) is 6.87. The molecule has 0 unspecified atom stereocenters. The third-order valence-electron chi connectivity index (χ3n) is 3.09. The van der Waals surface area contributed by atoms with Crippen molar-refractivity contribution in [2.24, 2.45) is 0 Å². The van der Waals surface area contributed by atoms with E-state index in [2.05, 4.69) is 26.6 Å². The molecule has 2 rings (SSSR count). The Bertz CT molecular complexity index is 682. The van der Waals surface area contributed by atoms with Crippen LogP contribution < -0.4 is 10.6 Å². The molecule has 110 valence electrons. The summed E-state index contributed by atoms with van der Waals surface area (Å²) in [6, 6.07) is 9.24. The number of amides is 2. The second-order valence-electron chi connectivity index (χ2n) is 4.58. The number of rotatable bonds is 4. The maximum Gasteiger partial charge on any atom is 0.261 e. The monoisotopic (exact) mass is 366 g/mol. The lowest BCUT2D eigenvalue weighted by Gasteiger charge is -2.10. The molecule has 0 aliphatic rings. The number of thiophene rings is 1. The summed E-state index contributed by atoms with van der Waals surface area (Å²) in [7, 11) is 0. The number of anilines is 1. The Morgan fingerprint density at radius 1 is 1.19 bits per heavy atom. The molecule has 0 atom stereocenters.